The van der Waals surface area contributed by atoms with E-state index >= 15 is 0 Å². The largest absolute Gasteiger partial charge is 0.264 e. The summed E-state index contributed by atoms with van der Waals surface area (Å²) in [5.74, 6) is 0. The summed E-state index contributed by atoms with van der Waals surface area (Å²) in [5.41, 5.74) is 23.4. The molecule has 0 aliphatic heterocycles. The van der Waals surface area contributed by atoms with Crippen molar-refractivity contribution in [3.63, 3.8) is 0 Å². The van der Waals surface area contributed by atoms with E-state index in [9.17, 15) is 0 Å². The minimum atomic E-state index is 0.0232. The maximum absolute atomic E-state index is 4.52. The molecule has 0 aliphatic carbocycles. The lowest BCUT2D eigenvalue weighted by atomic mass is 9.32. The van der Waals surface area contributed by atoms with Crippen molar-refractivity contribution in [3.05, 3.63) is 148 Å². The van der Waals surface area contributed by atoms with Gasteiger partial charge in [0, 0.05) is 35.9 Å². The Balaban J connectivity index is 1.77. The highest BCUT2D eigenvalue weighted by molar-refractivity contribution is 6.97. The van der Waals surface area contributed by atoms with Crippen LogP contribution in [0.2, 0.25) is 0 Å². The van der Waals surface area contributed by atoms with Gasteiger partial charge in [-0.3, -0.25) is 9.97 Å². The van der Waals surface area contributed by atoms with Crippen LogP contribution in [0.5, 0.6) is 0 Å². The van der Waals surface area contributed by atoms with Gasteiger partial charge >= 0.3 is 0 Å². The highest BCUT2D eigenvalue weighted by Gasteiger charge is 2.34. The van der Waals surface area contributed by atoms with E-state index in [0.29, 0.717) is 0 Å². The van der Waals surface area contributed by atoms with Gasteiger partial charge < -0.3 is 0 Å². The predicted molar refractivity (Wildman–Crippen MR) is 199 cm³/mol. The van der Waals surface area contributed by atoms with Crippen molar-refractivity contribution in [2.24, 2.45) is 0 Å². The third-order valence-corrected chi connectivity index (χ3v) is 9.92. The standard InChI is InChI=1S/C43H43BN2/c1-26-21-29(4)41(32(7)38(26)35-15-11-10-12-16-35)44(42-30(5)22-27(2)39(33(42)8)36-17-13-19-45-24-36)43-31(6)23-28(3)40(34(43)9)37-18-14-20-46-25-37/h10-25H,1-9H3. The molecular formula is C43H43BN2. The molecule has 2 aromatic heterocycles. The normalized spacial score (nSPS) is 11.2. The Labute approximate surface area is 275 Å². The molecule has 46 heavy (non-hydrogen) atoms. The van der Waals surface area contributed by atoms with Crippen LogP contribution in [-0.4, -0.2) is 16.7 Å². The second-order valence-electron chi connectivity index (χ2n) is 13.1. The molecule has 0 fully saturated rings. The van der Waals surface area contributed by atoms with Crippen molar-refractivity contribution in [2.45, 2.75) is 62.3 Å². The van der Waals surface area contributed by atoms with Crippen LogP contribution in [0.15, 0.2) is 97.6 Å². The zero-order valence-electron chi connectivity index (χ0n) is 28.7. The van der Waals surface area contributed by atoms with Gasteiger partial charge in [0.1, 0.15) is 0 Å². The average Bonchev–Trinajstić information content (AvgIpc) is 3.02. The Morgan fingerprint density at radius 2 is 0.739 bits per heavy atom. The zero-order valence-corrected chi connectivity index (χ0v) is 28.7. The molecule has 0 unspecified atom stereocenters. The van der Waals surface area contributed by atoms with Crippen molar-refractivity contribution in [1.82, 2.24) is 9.97 Å². The fraction of sp³-hybridized carbons (Fsp3) is 0.209. The molecule has 0 amide bonds. The first-order valence-electron chi connectivity index (χ1n) is 16.3. The molecule has 0 aliphatic rings. The third kappa shape index (κ3) is 5.39. The number of hydrogen-bond acceptors (Lipinski definition) is 2. The molecule has 6 aromatic rings. The van der Waals surface area contributed by atoms with Gasteiger partial charge in [-0.25, -0.2) is 0 Å². The van der Waals surface area contributed by atoms with E-state index in [1.165, 1.54) is 88.7 Å². The summed E-state index contributed by atoms with van der Waals surface area (Å²) in [5, 5.41) is 0. The Morgan fingerprint density at radius 3 is 1.09 bits per heavy atom. The molecule has 3 heteroatoms. The smallest absolute Gasteiger partial charge is 0.243 e. The van der Waals surface area contributed by atoms with Crippen LogP contribution in [0.25, 0.3) is 33.4 Å². The highest BCUT2D eigenvalue weighted by atomic mass is 14.6. The maximum atomic E-state index is 4.52. The molecule has 0 N–H and O–H groups in total. The van der Waals surface area contributed by atoms with Gasteiger partial charge in [0.05, 0.1) is 0 Å². The van der Waals surface area contributed by atoms with Gasteiger partial charge in [-0.2, -0.15) is 0 Å². The first-order valence-corrected chi connectivity index (χ1v) is 16.3. The lowest BCUT2D eigenvalue weighted by Crippen LogP contribution is -2.58. The Morgan fingerprint density at radius 1 is 0.391 bits per heavy atom. The number of benzene rings is 4. The predicted octanol–water partition coefficient (Wildman–Crippen LogP) is 8.77. The molecule has 6 rings (SSSR count). The van der Waals surface area contributed by atoms with Crippen LogP contribution in [-0.2, 0) is 0 Å². The average molecular weight is 599 g/mol. The number of rotatable bonds is 6. The summed E-state index contributed by atoms with van der Waals surface area (Å²) in [6, 6.07) is 26.5. The monoisotopic (exact) mass is 598 g/mol. The van der Waals surface area contributed by atoms with Gasteiger partial charge in [-0.05, 0) is 130 Å². The Bertz CT molecular complexity index is 1820. The Hall–Kier alpha value is -4.76. The van der Waals surface area contributed by atoms with Crippen LogP contribution in [0.3, 0.4) is 0 Å². The van der Waals surface area contributed by atoms with Gasteiger partial charge in [0.15, 0.2) is 0 Å². The number of aryl methyl sites for hydroxylation is 6. The van der Waals surface area contributed by atoms with Gasteiger partial charge in [0.25, 0.3) is 0 Å². The number of hydrogen-bond donors (Lipinski definition) is 0. The molecule has 0 spiro atoms. The second kappa shape index (κ2) is 12.6. The fourth-order valence-corrected chi connectivity index (χ4v) is 8.33. The molecule has 0 saturated carbocycles. The van der Waals surface area contributed by atoms with E-state index in [1.54, 1.807) is 0 Å². The molecule has 2 heterocycles. The lowest BCUT2D eigenvalue weighted by Gasteiger charge is -2.31. The first kappa shape index (κ1) is 31.2. The quantitative estimate of drug-likeness (QED) is 0.179. The van der Waals surface area contributed by atoms with Crippen LogP contribution in [0, 0.1) is 62.3 Å². The summed E-state index contributed by atoms with van der Waals surface area (Å²) in [4.78, 5) is 9.03. The van der Waals surface area contributed by atoms with Crippen LogP contribution in [0.4, 0.5) is 0 Å². The van der Waals surface area contributed by atoms with E-state index in [4.69, 9.17) is 0 Å². The van der Waals surface area contributed by atoms with E-state index in [-0.39, 0.29) is 6.71 Å². The molecular weight excluding hydrogens is 555 g/mol. The van der Waals surface area contributed by atoms with Gasteiger partial charge in [0.2, 0.25) is 6.71 Å². The number of pyridine rings is 2. The molecule has 228 valence electrons. The van der Waals surface area contributed by atoms with Crippen molar-refractivity contribution in [3.8, 4) is 33.4 Å². The van der Waals surface area contributed by atoms with E-state index in [2.05, 4.69) is 133 Å². The summed E-state index contributed by atoms with van der Waals surface area (Å²) >= 11 is 0. The van der Waals surface area contributed by atoms with E-state index in [0.717, 1.165) is 11.1 Å². The molecule has 0 atom stereocenters. The van der Waals surface area contributed by atoms with Gasteiger partial charge in [-0.15, -0.1) is 0 Å². The molecule has 0 radical (unpaired) electrons. The summed E-state index contributed by atoms with van der Waals surface area (Å²) in [6.45, 7) is 20.6. The molecule has 0 saturated heterocycles. The topological polar surface area (TPSA) is 25.8 Å². The highest BCUT2D eigenvalue weighted by Crippen LogP contribution is 2.32. The SMILES string of the molecule is Cc1cc(C)c(-c2ccccc2)c(C)c1B(c1c(C)cc(C)c(-c2cccnc2)c1C)c1c(C)cc(C)c(-c2cccnc2)c1C. The lowest BCUT2D eigenvalue weighted by molar-refractivity contribution is 1.29. The summed E-state index contributed by atoms with van der Waals surface area (Å²) in [6.07, 6.45) is 7.72. The van der Waals surface area contributed by atoms with Crippen LogP contribution in [0.1, 0.15) is 50.1 Å². The minimum absolute atomic E-state index is 0.0232. The van der Waals surface area contributed by atoms with Crippen LogP contribution >= 0.6 is 0 Å². The molecule has 4 aromatic carbocycles. The van der Waals surface area contributed by atoms with E-state index < -0.39 is 0 Å². The molecule has 0 bridgehead atoms. The number of nitrogens with zero attached hydrogens (tertiary/aromatic N) is 2. The Kier molecular flexibility index (Phi) is 8.53. The van der Waals surface area contributed by atoms with E-state index in [1.807, 2.05) is 36.9 Å². The number of aromatic nitrogens is 2. The fourth-order valence-electron chi connectivity index (χ4n) is 8.33. The third-order valence-electron chi connectivity index (χ3n) is 9.92. The zero-order chi connectivity index (χ0) is 32.7. The summed E-state index contributed by atoms with van der Waals surface area (Å²) < 4.78 is 0. The first-order chi connectivity index (χ1) is 22.1. The van der Waals surface area contributed by atoms with Crippen LogP contribution < -0.4 is 16.4 Å². The van der Waals surface area contributed by atoms with Crippen molar-refractivity contribution >= 4 is 23.1 Å². The van der Waals surface area contributed by atoms with Crippen molar-refractivity contribution in [2.75, 3.05) is 0 Å². The summed E-state index contributed by atoms with van der Waals surface area (Å²) in [7, 11) is 0. The van der Waals surface area contributed by atoms with Crippen molar-refractivity contribution in [1.29, 1.82) is 0 Å². The molecule has 2 nitrogen and oxygen atoms in total. The maximum Gasteiger partial charge on any atom is 0.243 e. The second-order valence-corrected chi connectivity index (χ2v) is 13.1. The van der Waals surface area contributed by atoms with Crippen molar-refractivity contribution < 1.29 is 0 Å². The minimum Gasteiger partial charge on any atom is -0.264 e. The van der Waals surface area contributed by atoms with Gasteiger partial charge in [-0.1, -0.05) is 93.7 Å².